The number of carbonyl (C=O) groups excluding carboxylic acids is 1. The summed E-state index contributed by atoms with van der Waals surface area (Å²) in [6, 6.07) is 18.5. The van der Waals surface area contributed by atoms with Gasteiger partial charge in [-0.05, 0) is 48.9 Å². The zero-order valence-corrected chi connectivity index (χ0v) is 24.0. The lowest BCUT2D eigenvalue weighted by atomic mass is 10.1. The Morgan fingerprint density at radius 1 is 1.00 bits per heavy atom. The Bertz CT molecular complexity index is 1530. The van der Waals surface area contributed by atoms with Gasteiger partial charge in [-0.1, -0.05) is 78.1 Å². The first-order valence-electron chi connectivity index (χ1n) is 12.2. The summed E-state index contributed by atoms with van der Waals surface area (Å²) in [5.41, 5.74) is 2.77. The number of aromatic nitrogens is 2. The maximum absolute atomic E-state index is 13.6. The number of amides is 1. The molecule has 0 atom stereocenters. The van der Waals surface area contributed by atoms with E-state index in [-0.39, 0.29) is 17.4 Å². The number of aryl methyl sites for hydroxylation is 1. The highest BCUT2D eigenvalue weighted by Crippen LogP contribution is 2.28. The molecule has 0 saturated carbocycles. The van der Waals surface area contributed by atoms with Gasteiger partial charge in [-0.2, -0.15) is 9.29 Å². The van der Waals surface area contributed by atoms with Gasteiger partial charge in [0.15, 0.2) is 5.82 Å². The van der Waals surface area contributed by atoms with Crippen molar-refractivity contribution in [3.63, 3.8) is 0 Å². The van der Waals surface area contributed by atoms with Crippen LogP contribution in [0.15, 0.2) is 76.1 Å². The highest BCUT2D eigenvalue weighted by Gasteiger charge is 2.28. The molecule has 1 amide bonds. The molecule has 1 heterocycles. The van der Waals surface area contributed by atoms with E-state index in [1.165, 1.54) is 12.1 Å². The Morgan fingerprint density at radius 2 is 1.64 bits per heavy atom. The maximum Gasteiger partial charge on any atom is 0.243 e. The van der Waals surface area contributed by atoms with Gasteiger partial charge >= 0.3 is 0 Å². The minimum absolute atomic E-state index is 0.0653. The molecule has 0 saturated heterocycles. The van der Waals surface area contributed by atoms with E-state index in [1.807, 2.05) is 32.9 Å². The van der Waals surface area contributed by atoms with Gasteiger partial charge in [-0.15, -0.1) is 0 Å². The third-order valence-corrected chi connectivity index (χ3v) is 8.47. The van der Waals surface area contributed by atoms with Crippen LogP contribution < -0.4 is 5.32 Å². The van der Waals surface area contributed by atoms with E-state index in [0.717, 1.165) is 15.4 Å². The first-order valence-corrected chi connectivity index (χ1v) is 14.4. The van der Waals surface area contributed by atoms with E-state index < -0.39 is 22.5 Å². The Morgan fingerprint density at radius 3 is 2.23 bits per heavy atom. The monoisotopic (exact) mass is 586 g/mol. The fourth-order valence-electron chi connectivity index (χ4n) is 3.77. The fraction of sp³-hybridized carbons (Fsp3) is 0.250. The molecular weight excluding hydrogens is 559 g/mol. The number of sulfonamides is 1. The molecule has 0 radical (unpaired) electrons. The lowest BCUT2D eigenvalue weighted by Crippen LogP contribution is -2.37. The molecule has 1 N–H and O–H groups in total. The van der Waals surface area contributed by atoms with E-state index >= 15 is 0 Å². The third-order valence-electron chi connectivity index (χ3n) is 5.95. The van der Waals surface area contributed by atoms with Crippen LogP contribution in [0.5, 0.6) is 0 Å². The first-order chi connectivity index (χ1) is 18.5. The number of carbonyl (C=O) groups is 1. The fourth-order valence-corrected chi connectivity index (χ4v) is 5.65. The van der Waals surface area contributed by atoms with Gasteiger partial charge in [0.2, 0.25) is 21.8 Å². The molecule has 0 bridgehead atoms. The van der Waals surface area contributed by atoms with Crippen LogP contribution in [-0.2, 0) is 27.8 Å². The molecule has 39 heavy (non-hydrogen) atoms. The number of hydrogen-bond acceptors (Lipinski definition) is 6. The summed E-state index contributed by atoms with van der Waals surface area (Å²) in [6.45, 7) is 5.20. The van der Waals surface area contributed by atoms with Gasteiger partial charge in [0, 0.05) is 40.2 Å². The second-order valence-corrected chi connectivity index (χ2v) is 12.2. The summed E-state index contributed by atoms with van der Waals surface area (Å²) >= 11 is 12.6. The number of hydrogen-bond donors (Lipinski definition) is 1. The molecule has 4 aromatic rings. The standard InChI is InChI=1S/C28H28Cl2N4O4S/c1-18(2)28-32-26(33-38-28)15-20-9-11-21(12-10-20)31-27(35)17-34(16-23-24(29)5-4-6-25(23)30)39(36,37)22-13-7-19(3)8-14-22/h4-14,18H,15-17H2,1-3H3,(H,31,35). The van der Waals surface area contributed by atoms with Crippen molar-refractivity contribution < 1.29 is 17.7 Å². The minimum Gasteiger partial charge on any atom is -0.339 e. The highest BCUT2D eigenvalue weighted by molar-refractivity contribution is 7.89. The van der Waals surface area contributed by atoms with Gasteiger partial charge in [0.05, 0.1) is 11.4 Å². The normalized spacial score (nSPS) is 11.8. The van der Waals surface area contributed by atoms with Gasteiger partial charge in [0.1, 0.15) is 0 Å². The molecule has 0 unspecified atom stereocenters. The maximum atomic E-state index is 13.6. The summed E-state index contributed by atoms with van der Waals surface area (Å²) in [7, 11) is -4.05. The SMILES string of the molecule is Cc1ccc(S(=O)(=O)N(CC(=O)Nc2ccc(Cc3noc(C(C)C)n3)cc2)Cc2c(Cl)cccc2Cl)cc1. The Hall–Kier alpha value is -3.24. The van der Waals surface area contributed by atoms with Crippen molar-refractivity contribution in [2.24, 2.45) is 0 Å². The van der Waals surface area contributed by atoms with Crippen LogP contribution in [0, 0.1) is 6.92 Å². The molecule has 4 rings (SSSR count). The molecule has 204 valence electrons. The predicted octanol–water partition coefficient (Wildman–Crippen LogP) is 6.23. The molecule has 0 fully saturated rings. The zero-order valence-electron chi connectivity index (χ0n) is 21.7. The topological polar surface area (TPSA) is 105 Å². The smallest absolute Gasteiger partial charge is 0.243 e. The Kier molecular flexibility index (Phi) is 9.07. The second kappa shape index (κ2) is 12.3. The average molecular weight is 588 g/mol. The lowest BCUT2D eigenvalue weighted by Gasteiger charge is -2.23. The summed E-state index contributed by atoms with van der Waals surface area (Å²) in [4.78, 5) is 17.5. The Labute approximate surface area is 238 Å². The van der Waals surface area contributed by atoms with Crippen LogP contribution in [0.25, 0.3) is 0 Å². The quantitative estimate of drug-likeness (QED) is 0.236. The van der Waals surface area contributed by atoms with Crippen molar-refractivity contribution in [3.8, 4) is 0 Å². The van der Waals surface area contributed by atoms with Crippen molar-refractivity contribution in [2.75, 3.05) is 11.9 Å². The van der Waals surface area contributed by atoms with Gasteiger partial charge in [-0.3, -0.25) is 4.79 Å². The first kappa shape index (κ1) is 28.8. The van der Waals surface area contributed by atoms with Crippen molar-refractivity contribution >= 4 is 44.8 Å². The van der Waals surface area contributed by atoms with Crippen LogP contribution in [0.3, 0.4) is 0 Å². The number of nitrogens with one attached hydrogen (secondary N) is 1. The van der Waals surface area contributed by atoms with Gasteiger partial charge in [0.25, 0.3) is 0 Å². The number of rotatable bonds is 10. The molecule has 3 aromatic carbocycles. The highest BCUT2D eigenvalue weighted by atomic mass is 35.5. The molecular formula is C28H28Cl2N4O4S. The van der Waals surface area contributed by atoms with Crippen molar-refractivity contribution in [2.45, 2.75) is 44.6 Å². The minimum atomic E-state index is -4.05. The van der Waals surface area contributed by atoms with Crippen molar-refractivity contribution in [1.29, 1.82) is 0 Å². The van der Waals surface area contributed by atoms with E-state index in [0.29, 0.717) is 39.4 Å². The molecule has 0 aliphatic rings. The predicted molar refractivity (Wildman–Crippen MR) is 152 cm³/mol. The molecule has 0 aliphatic heterocycles. The number of anilines is 1. The number of benzene rings is 3. The summed E-state index contributed by atoms with van der Waals surface area (Å²) in [5.74, 6) is 0.788. The van der Waals surface area contributed by atoms with Crippen molar-refractivity contribution in [1.82, 2.24) is 14.4 Å². The molecule has 11 heteroatoms. The van der Waals surface area contributed by atoms with Crippen LogP contribution >= 0.6 is 23.2 Å². The largest absolute Gasteiger partial charge is 0.339 e. The third kappa shape index (κ3) is 7.24. The summed E-state index contributed by atoms with van der Waals surface area (Å²) in [5, 5.41) is 7.39. The average Bonchev–Trinajstić information content (AvgIpc) is 3.36. The van der Waals surface area contributed by atoms with E-state index in [1.54, 1.807) is 42.5 Å². The van der Waals surface area contributed by atoms with Gasteiger partial charge < -0.3 is 9.84 Å². The molecule has 0 spiro atoms. The summed E-state index contributed by atoms with van der Waals surface area (Å²) in [6.07, 6.45) is 0.478. The van der Waals surface area contributed by atoms with Gasteiger partial charge in [-0.25, -0.2) is 8.42 Å². The zero-order chi connectivity index (χ0) is 28.2. The van der Waals surface area contributed by atoms with Crippen molar-refractivity contribution in [3.05, 3.63) is 105 Å². The van der Waals surface area contributed by atoms with Crippen LogP contribution in [0.2, 0.25) is 10.0 Å². The molecule has 1 aromatic heterocycles. The Balaban J connectivity index is 1.50. The summed E-state index contributed by atoms with van der Waals surface area (Å²) < 4.78 is 33.4. The number of nitrogens with zero attached hydrogens (tertiary/aromatic N) is 3. The van der Waals surface area contributed by atoms with Crippen LogP contribution in [-0.4, -0.2) is 35.3 Å². The second-order valence-electron chi connectivity index (χ2n) is 9.41. The molecule has 0 aliphatic carbocycles. The number of halogens is 2. The van der Waals surface area contributed by atoms with E-state index in [4.69, 9.17) is 27.7 Å². The lowest BCUT2D eigenvalue weighted by molar-refractivity contribution is -0.116. The van der Waals surface area contributed by atoms with E-state index in [9.17, 15) is 13.2 Å². The molecule has 8 nitrogen and oxygen atoms in total. The van der Waals surface area contributed by atoms with Crippen LogP contribution in [0.4, 0.5) is 5.69 Å². The van der Waals surface area contributed by atoms with E-state index in [2.05, 4.69) is 15.5 Å². The van der Waals surface area contributed by atoms with Crippen LogP contribution in [0.1, 0.15) is 48.2 Å².